The molecule has 1 heterocycles. The number of Topliss-reactive ketones (excluding diaryl/α,β-unsaturated/α-hetero) is 2. The first kappa shape index (κ1) is 40.0. The Bertz CT molecular complexity index is 1160. The van der Waals surface area contributed by atoms with E-state index >= 15 is 0 Å². The summed E-state index contributed by atoms with van der Waals surface area (Å²) in [6, 6.07) is -0.213. The summed E-state index contributed by atoms with van der Waals surface area (Å²) >= 11 is 0. The molecule has 6 nitrogen and oxygen atoms in total. The molecule has 3 aliphatic rings. The van der Waals surface area contributed by atoms with Crippen LogP contribution in [0.15, 0.2) is 47.7 Å². The molecule has 2 aliphatic carbocycles. The third-order valence-electron chi connectivity index (χ3n) is 11.3. The molecule has 1 saturated heterocycles. The summed E-state index contributed by atoms with van der Waals surface area (Å²) in [5, 5.41) is 6.61. The molecule has 0 aromatic carbocycles. The summed E-state index contributed by atoms with van der Waals surface area (Å²) in [5.41, 5.74) is 0.848. The maximum atomic E-state index is 13.7. The van der Waals surface area contributed by atoms with Crippen molar-refractivity contribution in [2.24, 2.45) is 16.7 Å². The number of fused-ring (bicyclic) bond motifs is 1. The topological polar surface area (TPSA) is 84.5 Å². The second-order valence-corrected chi connectivity index (χ2v) is 15.8. The summed E-state index contributed by atoms with van der Waals surface area (Å²) in [7, 11) is 0. The molecule has 1 aliphatic heterocycles. The van der Waals surface area contributed by atoms with Crippen LogP contribution in [0.5, 0.6) is 0 Å². The lowest BCUT2D eigenvalue weighted by Crippen LogP contribution is -2.53. The minimum Gasteiger partial charge on any atom is -0.376 e. The molecule has 0 aromatic rings. The van der Waals surface area contributed by atoms with Gasteiger partial charge in [-0.1, -0.05) is 109 Å². The lowest BCUT2D eigenvalue weighted by Gasteiger charge is -2.43. The van der Waals surface area contributed by atoms with Crippen molar-refractivity contribution >= 4 is 17.5 Å². The number of ether oxygens (including phenoxy) is 1. The second kappa shape index (κ2) is 19.6. The molecular formula is C42H68N2O4. The van der Waals surface area contributed by atoms with Gasteiger partial charge in [0.1, 0.15) is 5.78 Å². The molecule has 2 N–H and O–H groups in total. The predicted octanol–water partition coefficient (Wildman–Crippen LogP) is 9.65. The van der Waals surface area contributed by atoms with Gasteiger partial charge in [-0.15, -0.1) is 0 Å². The number of hydrogen-bond acceptors (Lipinski definition) is 5. The quantitative estimate of drug-likeness (QED) is 0.161. The molecule has 1 amide bonds. The maximum absolute atomic E-state index is 13.7. The molecule has 6 heteroatoms. The van der Waals surface area contributed by atoms with E-state index in [0.29, 0.717) is 38.2 Å². The molecule has 1 atom stereocenters. The molecule has 270 valence electrons. The normalized spacial score (nSPS) is 22.5. The van der Waals surface area contributed by atoms with Gasteiger partial charge >= 0.3 is 0 Å². The summed E-state index contributed by atoms with van der Waals surface area (Å²) in [4.78, 5) is 40.0. The van der Waals surface area contributed by atoms with Gasteiger partial charge in [-0.2, -0.15) is 0 Å². The van der Waals surface area contributed by atoms with Gasteiger partial charge in [-0.25, -0.2) is 0 Å². The average Bonchev–Trinajstić information content (AvgIpc) is 3.11. The maximum Gasteiger partial charge on any atom is 0.220 e. The van der Waals surface area contributed by atoms with Crippen LogP contribution >= 0.6 is 0 Å². The summed E-state index contributed by atoms with van der Waals surface area (Å²) in [5.74, 6) is 0.911. The van der Waals surface area contributed by atoms with Crippen LogP contribution < -0.4 is 10.6 Å². The van der Waals surface area contributed by atoms with Crippen LogP contribution in [-0.2, 0) is 19.1 Å². The van der Waals surface area contributed by atoms with Gasteiger partial charge in [0.2, 0.25) is 5.91 Å². The molecule has 0 aromatic heterocycles. The molecule has 0 bridgehead atoms. The highest BCUT2D eigenvalue weighted by molar-refractivity contribution is 5.95. The molecular weight excluding hydrogens is 596 g/mol. The predicted molar refractivity (Wildman–Crippen MR) is 199 cm³/mol. The van der Waals surface area contributed by atoms with Gasteiger partial charge in [0, 0.05) is 36.6 Å². The summed E-state index contributed by atoms with van der Waals surface area (Å²) in [6.07, 6.45) is 30.2. The van der Waals surface area contributed by atoms with Crippen molar-refractivity contribution in [1.82, 2.24) is 10.6 Å². The van der Waals surface area contributed by atoms with Crippen LogP contribution in [0.4, 0.5) is 0 Å². The van der Waals surface area contributed by atoms with Crippen molar-refractivity contribution in [2.75, 3.05) is 13.2 Å². The first-order valence-electron chi connectivity index (χ1n) is 19.5. The number of ketones is 2. The Morgan fingerprint density at radius 2 is 1.46 bits per heavy atom. The monoisotopic (exact) mass is 665 g/mol. The van der Waals surface area contributed by atoms with E-state index in [9.17, 15) is 14.4 Å². The highest BCUT2D eigenvalue weighted by Crippen LogP contribution is 2.44. The number of rotatable bonds is 16. The molecule has 1 unspecified atom stereocenters. The highest BCUT2D eigenvalue weighted by atomic mass is 16.5. The van der Waals surface area contributed by atoms with Crippen LogP contribution in [-0.4, -0.2) is 42.3 Å². The van der Waals surface area contributed by atoms with E-state index in [4.69, 9.17) is 4.74 Å². The molecule has 2 fully saturated rings. The van der Waals surface area contributed by atoms with Crippen LogP contribution in [0.1, 0.15) is 157 Å². The van der Waals surface area contributed by atoms with Crippen LogP contribution in [0.3, 0.4) is 0 Å². The Morgan fingerprint density at radius 3 is 2.08 bits per heavy atom. The first-order chi connectivity index (χ1) is 23.0. The fourth-order valence-electron chi connectivity index (χ4n) is 7.84. The standard InChI is InChI=1S/C42H68N2O4/c1-7-42(8-2)34-25-19-15-16-20-26-35(34)44-36(39(42)47)27-21-22-31-43-37(45)28-29-41(5,6)48-32-30-40(3,4)38(46)33-23-17-13-11-9-10-12-14-18-24-33/h15-16,19-20,25-26,33,36,44H,7-14,17-18,21-24,27-32H2,1-6H3,(H,43,45)/b16-15?,19-15-,20-16-,25-19?,26-20?,34-25?,35-26?. The van der Waals surface area contributed by atoms with E-state index in [2.05, 4.69) is 50.5 Å². The number of piperidine rings is 1. The Balaban J connectivity index is 1.37. The van der Waals surface area contributed by atoms with E-state index in [0.717, 1.165) is 56.2 Å². The van der Waals surface area contributed by atoms with Crippen LogP contribution in [0.2, 0.25) is 0 Å². The Labute approximate surface area is 293 Å². The van der Waals surface area contributed by atoms with Gasteiger partial charge in [0.25, 0.3) is 0 Å². The van der Waals surface area contributed by atoms with Crippen molar-refractivity contribution in [3.8, 4) is 0 Å². The van der Waals surface area contributed by atoms with E-state index in [1.165, 1.54) is 51.4 Å². The fraction of sp³-hybridized carbons (Fsp3) is 0.738. The number of allylic oxidation sites excluding steroid dienone is 7. The zero-order valence-corrected chi connectivity index (χ0v) is 31.4. The van der Waals surface area contributed by atoms with Gasteiger partial charge in [0.15, 0.2) is 5.78 Å². The lowest BCUT2D eigenvalue weighted by molar-refractivity contribution is -0.134. The van der Waals surface area contributed by atoms with Gasteiger partial charge in [0.05, 0.1) is 17.1 Å². The molecule has 48 heavy (non-hydrogen) atoms. The minimum absolute atomic E-state index is 0.0335. The largest absolute Gasteiger partial charge is 0.376 e. The minimum atomic E-state index is -0.460. The van der Waals surface area contributed by atoms with E-state index in [1.807, 2.05) is 38.2 Å². The number of unbranched alkanes of at least 4 members (excludes halogenated alkanes) is 1. The summed E-state index contributed by atoms with van der Waals surface area (Å²) < 4.78 is 6.27. The fourth-order valence-corrected chi connectivity index (χ4v) is 7.84. The first-order valence-corrected chi connectivity index (χ1v) is 19.5. The number of carbonyl (C=O) groups is 3. The zero-order valence-electron chi connectivity index (χ0n) is 31.4. The van der Waals surface area contributed by atoms with Crippen molar-refractivity contribution in [1.29, 1.82) is 0 Å². The summed E-state index contributed by atoms with van der Waals surface area (Å²) in [6.45, 7) is 13.6. The smallest absolute Gasteiger partial charge is 0.220 e. The Hall–Kier alpha value is -2.47. The molecule has 0 radical (unpaired) electrons. The van der Waals surface area contributed by atoms with Crippen molar-refractivity contribution in [3.63, 3.8) is 0 Å². The molecule has 0 spiro atoms. The van der Waals surface area contributed by atoms with Crippen molar-refractivity contribution in [3.05, 3.63) is 47.7 Å². The van der Waals surface area contributed by atoms with Gasteiger partial charge in [-0.05, 0) is 83.3 Å². The third kappa shape index (κ3) is 11.8. The number of nitrogens with one attached hydrogen (secondary N) is 2. The number of amides is 1. The van der Waals surface area contributed by atoms with Gasteiger partial charge < -0.3 is 15.4 Å². The number of carbonyl (C=O) groups excluding carboxylic acids is 3. The van der Waals surface area contributed by atoms with Crippen LogP contribution in [0.25, 0.3) is 0 Å². The Kier molecular flexibility index (Phi) is 16.4. The SMILES string of the molecule is CCC1(CC)C(=O)C(CCCCNC(=O)CCC(C)(C)OCCC(C)(C)C(=O)C2CCCCCCCCCC2)NC2=C/C=C\C=C/C=C21. The third-order valence-corrected chi connectivity index (χ3v) is 11.3. The molecule has 1 saturated carbocycles. The van der Waals surface area contributed by atoms with E-state index in [1.54, 1.807) is 0 Å². The van der Waals surface area contributed by atoms with Gasteiger partial charge in [-0.3, -0.25) is 14.4 Å². The highest BCUT2D eigenvalue weighted by Gasteiger charge is 2.47. The Morgan fingerprint density at radius 1 is 0.854 bits per heavy atom. The van der Waals surface area contributed by atoms with E-state index < -0.39 is 16.4 Å². The van der Waals surface area contributed by atoms with Crippen molar-refractivity contribution in [2.45, 2.75) is 169 Å². The zero-order chi connectivity index (χ0) is 35.0. The van der Waals surface area contributed by atoms with Crippen LogP contribution in [0, 0.1) is 16.7 Å². The molecule has 3 rings (SSSR count). The lowest BCUT2D eigenvalue weighted by atomic mass is 9.65. The average molecular weight is 665 g/mol. The van der Waals surface area contributed by atoms with E-state index in [-0.39, 0.29) is 23.7 Å². The number of hydrogen-bond donors (Lipinski definition) is 2. The van der Waals surface area contributed by atoms with Crippen molar-refractivity contribution < 1.29 is 19.1 Å². The second-order valence-electron chi connectivity index (χ2n) is 15.8.